The molecule has 4 rings (SSSR count). The third kappa shape index (κ3) is 2.48. The van der Waals surface area contributed by atoms with E-state index in [2.05, 4.69) is 9.97 Å². The Hall–Kier alpha value is -3.41. The van der Waals surface area contributed by atoms with Crippen LogP contribution < -0.4 is 14.4 Å². The first-order valence-electron chi connectivity index (χ1n) is 7.76. The van der Waals surface area contributed by atoms with Gasteiger partial charge in [-0.1, -0.05) is 6.07 Å². The van der Waals surface area contributed by atoms with Crippen LogP contribution in [0.1, 0.15) is 15.9 Å². The summed E-state index contributed by atoms with van der Waals surface area (Å²) in [5.74, 6) is 1.49. The number of rotatable bonds is 2. The van der Waals surface area contributed by atoms with Gasteiger partial charge in [-0.05, 0) is 48.9 Å². The van der Waals surface area contributed by atoms with E-state index in [4.69, 9.17) is 9.47 Å². The van der Waals surface area contributed by atoms with Crippen LogP contribution in [-0.2, 0) is 0 Å². The highest BCUT2D eigenvalue weighted by Gasteiger charge is 2.31. The molecule has 0 saturated carbocycles. The molecule has 0 spiro atoms. The SMILES string of the molecule is COc1cc(C)ccc1N1c2ncccc2OC(=O)c2cccnc21. The first-order valence-corrected chi connectivity index (χ1v) is 7.76. The zero-order valence-electron chi connectivity index (χ0n) is 13.8. The number of fused-ring (bicyclic) bond motifs is 2. The molecule has 1 aliphatic rings. The highest BCUT2D eigenvalue weighted by atomic mass is 16.5. The molecule has 0 saturated heterocycles. The number of esters is 1. The van der Waals surface area contributed by atoms with Gasteiger partial charge >= 0.3 is 5.97 Å². The highest BCUT2D eigenvalue weighted by molar-refractivity contribution is 6.01. The normalized spacial score (nSPS) is 12.7. The van der Waals surface area contributed by atoms with E-state index in [-0.39, 0.29) is 0 Å². The highest BCUT2D eigenvalue weighted by Crippen LogP contribution is 2.45. The molecule has 0 aliphatic carbocycles. The monoisotopic (exact) mass is 333 g/mol. The molecule has 25 heavy (non-hydrogen) atoms. The van der Waals surface area contributed by atoms with E-state index in [1.165, 1.54) is 0 Å². The molecule has 124 valence electrons. The van der Waals surface area contributed by atoms with Crippen LogP contribution >= 0.6 is 0 Å². The van der Waals surface area contributed by atoms with E-state index >= 15 is 0 Å². The van der Waals surface area contributed by atoms with Crippen LogP contribution in [-0.4, -0.2) is 23.0 Å². The summed E-state index contributed by atoms with van der Waals surface area (Å²) in [6.07, 6.45) is 3.28. The minimum atomic E-state index is -0.467. The number of anilines is 3. The van der Waals surface area contributed by atoms with Gasteiger partial charge in [-0.25, -0.2) is 14.8 Å². The van der Waals surface area contributed by atoms with Gasteiger partial charge < -0.3 is 9.47 Å². The summed E-state index contributed by atoms with van der Waals surface area (Å²) in [5.41, 5.74) is 2.15. The molecule has 2 aromatic heterocycles. The molecule has 0 amide bonds. The molecule has 0 fully saturated rings. The molecule has 0 radical (unpaired) electrons. The Balaban J connectivity index is 2.04. The first kappa shape index (κ1) is 15.1. The Morgan fingerprint density at radius 1 is 1.04 bits per heavy atom. The first-order chi connectivity index (χ1) is 12.2. The van der Waals surface area contributed by atoms with Gasteiger partial charge in [-0.3, -0.25) is 4.90 Å². The van der Waals surface area contributed by atoms with Crippen LogP contribution in [0.5, 0.6) is 11.5 Å². The third-order valence-electron chi connectivity index (χ3n) is 3.96. The van der Waals surface area contributed by atoms with Crippen LogP contribution in [0.2, 0.25) is 0 Å². The summed E-state index contributed by atoms with van der Waals surface area (Å²) < 4.78 is 11.1. The van der Waals surface area contributed by atoms with E-state index in [9.17, 15) is 4.79 Å². The van der Waals surface area contributed by atoms with Crippen molar-refractivity contribution in [2.24, 2.45) is 0 Å². The Morgan fingerprint density at radius 3 is 2.60 bits per heavy atom. The summed E-state index contributed by atoms with van der Waals surface area (Å²) in [6, 6.07) is 12.6. The molecular weight excluding hydrogens is 318 g/mol. The number of carbonyl (C=O) groups excluding carboxylic acids is 1. The number of aromatic nitrogens is 2. The van der Waals surface area contributed by atoms with Gasteiger partial charge in [0.05, 0.1) is 12.8 Å². The van der Waals surface area contributed by atoms with Crippen molar-refractivity contribution in [2.75, 3.05) is 12.0 Å². The van der Waals surface area contributed by atoms with E-state index < -0.39 is 5.97 Å². The number of hydrogen-bond donors (Lipinski definition) is 0. The minimum Gasteiger partial charge on any atom is -0.495 e. The van der Waals surface area contributed by atoms with Gasteiger partial charge in [-0.15, -0.1) is 0 Å². The molecule has 6 nitrogen and oxygen atoms in total. The van der Waals surface area contributed by atoms with Crippen molar-refractivity contribution in [2.45, 2.75) is 6.92 Å². The molecule has 1 aromatic carbocycles. The van der Waals surface area contributed by atoms with Crippen LogP contribution in [0, 0.1) is 6.92 Å². The number of benzene rings is 1. The van der Waals surface area contributed by atoms with Crippen LogP contribution in [0.4, 0.5) is 17.3 Å². The second-order valence-corrected chi connectivity index (χ2v) is 5.60. The number of ether oxygens (including phenoxy) is 2. The van der Waals surface area contributed by atoms with Crippen LogP contribution in [0.15, 0.2) is 54.9 Å². The fourth-order valence-electron chi connectivity index (χ4n) is 2.82. The predicted molar refractivity (Wildman–Crippen MR) is 93.0 cm³/mol. The third-order valence-corrected chi connectivity index (χ3v) is 3.96. The average Bonchev–Trinajstić information content (AvgIpc) is 2.76. The Morgan fingerprint density at radius 2 is 1.80 bits per heavy atom. The molecule has 0 atom stereocenters. The summed E-state index contributed by atoms with van der Waals surface area (Å²) in [5, 5.41) is 0. The van der Waals surface area contributed by atoms with E-state index in [0.29, 0.717) is 28.7 Å². The maximum atomic E-state index is 12.5. The van der Waals surface area contributed by atoms with Crippen molar-refractivity contribution in [3.63, 3.8) is 0 Å². The molecule has 3 aromatic rings. The fourth-order valence-corrected chi connectivity index (χ4v) is 2.82. The zero-order valence-corrected chi connectivity index (χ0v) is 13.8. The smallest absolute Gasteiger partial charge is 0.347 e. The van der Waals surface area contributed by atoms with Gasteiger partial charge in [0.15, 0.2) is 17.4 Å². The topological polar surface area (TPSA) is 64.6 Å². The van der Waals surface area contributed by atoms with Crippen LogP contribution in [0.25, 0.3) is 0 Å². The fraction of sp³-hybridized carbons (Fsp3) is 0.105. The van der Waals surface area contributed by atoms with Crippen LogP contribution in [0.3, 0.4) is 0 Å². The molecule has 6 heteroatoms. The number of methoxy groups -OCH3 is 1. The van der Waals surface area contributed by atoms with Crippen molar-refractivity contribution >= 4 is 23.3 Å². The zero-order chi connectivity index (χ0) is 17.4. The van der Waals surface area contributed by atoms with Gasteiger partial charge in [0.1, 0.15) is 11.3 Å². The van der Waals surface area contributed by atoms with Gasteiger partial charge in [0.25, 0.3) is 0 Å². The molecule has 0 bridgehead atoms. The van der Waals surface area contributed by atoms with Crippen molar-refractivity contribution in [1.82, 2.24) is 9.97 Å². The number of pyridine rings is 2. The minimum absolute atomic E-state index is 0.364. The second kappa shape index (κ2) is 5.90. The number of aryl methyl sites for hydroxylation is 1. The Kier molecular flexibility index (Phi) is 3.57. The lowest BCUT2D eigenvalue weighted by molar-refractivity contribution is 0.0738. The second-order valence-electron chi connectivity index (χ2n) is 5.60. The summed E-state index contributed by atoms with van der Waals surface area (Å²) in [4.78, 5) is 23.1. The van der Waals surface area contributed by atoms with E-state index in [1.54, 1.807) is 48.7 Å². The average molecular weight is 333 g/mol. The quantitative estimate of drug-likeness (QED) is 0.665. The maximum absolute atomic E-state index is 12.5. The maximum Gasteiger partial charge on any atom is 0.347 e. The lowest BCUT2D eigenvalue weighted by Gasteiger charge is -2.24. The molecule has 0 unspecified atom stereocenters. The standard InChI is InChI=1S/C19H15N3O3/c1-12-7-8-14(16(11-12)24-2)22-17-13(5-3-9-20-17)19(23)25-15-6-4-10-21-18(15)22/h3-11H,1-2H3. The lowest BCUT2D eigenvalue weighted by Crippen LogP contribution is -2.15. The van der Waals surface area contributed by atoms with E-state index in [0.717, 1.165) is 11.3 Å². The molecule has 0 N–H and O–H groups in total. The van der Waals surface area contributed by atoms with Crippen molar-refractivity contribution in [1.29, 1.82) is 0 Å². The number of carbonyl (C=O) groups is 1. The molecular formula is C19H15N3O3. The molecule has 3 heterocycles. The molecule has 1 aliphatic heterocycles. The summed E-state index contributed by atoms with van der Waals surface area (Å²) in [6.45, 7) is 1.99. The number of hydrogen-bond acceptors (Lipinski definition) is 6. The van der Waals surface area contributed by atoms with Gasteiger partial charge in [0, 0.05) is 12.4 Å². The van der Waals surface area contributed by atoms with E-state index in [1.807, 2.05) is 25.1 Å². The van der Waals surface area contributed by atoms with Crippen molar-refractivity contribution in [3.8, 4) is 11.5 Å². The van der Waals surface area contributed by atoms with Gasteiger partial charge in [0.2, 0.25) is 0 Å². The largest absolute Gasteiger partial charge is 0.495 e. The summed E-state index contributed by atoms with van der Waals surface area (Å²) >= 11 is 0. The lowest BCUT2D eigenvalue weighted by atomic mass is 10.1. The summed E-state index contributed by atoms with van der Waals surface area (Å²) in [7, 11) is 1.61. The predicted octanol–water partition coefficient (Wildman–Crippen LogP) is 3.80. The van der Waals surface area contributed by atoms with Crippen molar-refractivity contribution < 1.29 is 14.3 Å². The number of nitrogens with zero attached hydrogens (tertiary/aromatic N) is 3. The van der Waals surface area contributed by atoms with Gasteiger partial charge in [-0.2, -0.15) is 0 Å². The Labute approximate surface area is 144 Å². The Bertz CT molecular complexity index is 972. The van der Waals surface area contributed by atoms with Crippen molar-refractivity contribution in [3.05, 3.63) is 66.0 Å².